The van der Waals surface area contributed by atoms with Gasteiger partial charge in [-0.1, -0.05) is 0 Å². The Morgan fingerprint density at radius 2 is 1.58 bits per heavy atom. The highest BCUT2D eigenvalue weighted by Crippen LogP contribution is 2.61. The van der Waals surface area contributed by atoms with Crippen LogP contribution in [0.25, 0.3) is 0 Å². The van der Waals surface area contributed by atoms with E-state index in [1.165, 1.54) is 57.6 Å². The van der Waals surface area contributed by atoms with E-state index in [4.69, 9.17) is 4.74 Å². The third kappa shape index (κ3) is 4.87. The zero-order valence-corrected chi connectivity index (χ0v) is 18.8. The van der Waals surface area contributed by atoms with Gasteiger partial charge in [0.05, 0.1) is 18.0 Å². The first-order valence-corrected chi connectivity index (χ1v) is 12.4. The Kier molecular flexibility index (Phi) is 6.00. The molecule has 4 aliphatic carbocycles. The van der Waals surface area contributed by atoms with Gasteiger partial charge in [0.15, 0.2) is 0 Å². The van der Waals surface area contributed by atoms with Crippen molar-refractivity contribution in [1.29, 1.82) is 0 Å². The summed E-state index contributed by atoms with van der Waals surface area (Å²) in [4.78, 5) is 24.9. The molecule has 0 aliphatic heterocycles. The quantitative estimate of drug-likeness (QED) is 0.552. The van der Waals surface area contributed by atoms with Crippen molar-refractivity contribution in [3.63, 3.8) is 0 Å². The highest BCUT2D eigenvalue weighted by atomic mass is 32.2. The first-order valence-electron chi connectivity index (χ1n) is 10.9. The molecule has 31 heavy (non-hydrogen) atoms. The average Bonchev–Trinajstić information content (AvgIpc) is 2.70. The second-order valence-electron chi connectivity index (χ2n) is 9.65. The van der Waals surface area contributed by atoms with Gasteiger partial charge in [-0.25, -0.2) is 8.42 Å². The van der Waals surface area contributed by atoms with Crippen LogP contribution in [0.15, 0.2) is 29.2 Å². The molecule has 3 N–H and O–H groups in total. The fourth-order valence-electron chi connectivity index (χ4n) is 6.24. The van der Waals surface area contributed by atoms with Gasteiger partial charge in [0, 0.05) is 6.42 Å². The molecular weight excluding hydrogens is 418 g/mol. The minimum atomic E-state index is -3.88. The third-order valence-electron chi connectivity index (χ3n) is 7.12. The molecule has 1 atom stereocenters. The van der Waals surface area contributed by atoms with Crippen molar-refractivity contribution in [3.05, 3.63) is 24.3 Å². The number of nitrogens with one attached hydrogen (secondary N) is 3. The largest absolute Gasteiger partial charge is 0.497 e. The Balaban J connectivity index is 1.27. The molecule has 4 fully saturated rings. The lowest BCUT2D eigenvalue weighted by molar-refractivity contribution is -0.134. The van der Waals surface area contributed by atoms with Gasteiger partial charge in [-0.3, -0.25) is 20.4 Å². The minimum Gasteiger partial charge on any atom is -0.497 e. The zero-order valence-electron chi connectivity index (χ0n) is 18.0. The van der Waals surface area contributed by atoms with E-state index in [-0.39, 0.29) is 16.2 Å². The Bertz CT molecular complexity index is 909. The molecule has 1 aromatic rings. The van der Waals surface area contributed by atoms with Crippen LogP contribution in [0.2, 0.25) is 0 Å². The molecule has 170 valence electrons. The molecule has 5 rings (SSSR count). The summed E-state index contributed by atoms with van der Waals surface area (Å²) >= 11 is 0. The minimum absolute atomic E-state index is 0.0267. The number of ether oxygens (including phenoxy) is 1. The average molecular weight is 450 g/mol. The topological polar surface area (TPSA) is 114 Å². The molecule has 0 saturated heterocycles. The molecule has 4 aliphatic rings. The molecule has 9 heteroatoms. The van der Waals surface area contributed by atoms with Crippen LogP contribution >= 0.6 is 0 Å². The van der Waals surface area contributed by atoms with E-state index < -0.39 is 22.0 Å². The summed E-state index contributed by atoms with van der Waals surface area (Å²) < 4.78 is 32.3. The molecule has 8 nitrogen and oxygen atoms in total. The second-order valence-corrected chi connectivity index (χ2v) is 11.4. The molecule has 0 aromatic heterocycles. The Labute approximate surface area is 183 Å². The van der Waals surface area contributed by atoms with Gasteiger partial charge in [-0.05, 0) is 92.9 Å². The van der Waals surface area contributed by atoms with E-state index >= 15 is 0 Å². The normalized spacial score (nSPS) is 29.9. The predicted octanol–water partition coefficient (Wildman–Crippen LogP) is 2.12. The van der Waals surface area contributed by atoms with Crippen molar-refractivity contribution in [2.45, 2.75) is 62.8 Å². The van der Waals surface area contributed by atoms with Gasteiger partial charge in [-0.15, -0.1) is 0 Å². The number of hydrogen-bond donors (Lipinski definition) is 3. The Morgan fingerprint density at radius 3 is 2.10 bits per heavy atom. The van der Waals surface area contributed by atoms with Crippen LogP contribution in [0.3, 0.4) is 0 Å². The first kappa shape index (κ1) is 22.1. The maximum Gasteiger partial charge on any atom is 0.256 e. The lowest BCUT2D eigenvalue weighted by Gasteiger charge is -2.56. The van der Waals surface area contributed by atoms with Gasteiger partial charge in [0.25, 0.3) is 5.91 Å². The molecule has 4 saturated carbocycles. The molecule has 0 unspecified atom stereocenters. The molecule has 0 heterocycles. The predicted molar refractivity (Wildman–Crippen MR) is 114 cm³/mol. The van der Waals surface area contributed by atoms with Crippen molar-refractivity contribution in [3.8, 4) is 5.75 Å². The summed E-state index contributed by atoms with van der Waals surface area (Å²) in [6.07, 6.45) is 7.68. The van der Waals surface area contributed by atoms with E-state index in [1.807, 2.05) is 0 Å². The number of hydrazine groups is 1. The maximum absolute atomic E-state index is 12.5. The highest BCUT2D eigenvalue weighted by molar-refractivity contribution is 7.89. The van der Waals surface area contributed by atoms with E-state index in [1.54, 1.807) is 0 Å². The lowest BCUT2D eigenvalue weighted by Crippen LogP contribution is -2.53. The van der Waals surface area contributed by atoms with Crippen LogP contribution in [-0.4, -0.2) is 33.4 Å². The van der Waals surface area contributed by atoms with E-state index in [9.17, 15) is 18.0 Å². The van der Waals surface area contributed by atoms with E-state index in [0.29, 0.717) is 12.2 Å². The molecular formula is C22H31N3O5S. The van der Waals surface area contributed by atoms with Crippen LogP contribution in [0.5, 0.6) is 5.75 Å². The van der Waals surface area contributed by atoms with Gasteiger partial charge in [-0.2, -0.15) is 4.72 Å². The van der Waals surface area contributed by atoms with Crippen molar-refractivity contribution in [1.82, 2.24) is 15.6 Å². The lowest BCUT2D eigenvalue weighted by atomic mass is 9.49. The van der Waals surface area contributed by atoms with Crippen molar-refractivity contribution in [2.24, 2.45) is 23.2 Å². The van der Waals surface area contributed by atoms with Crippen molar-refractivity contribution >= 4 is 21.8 Å². The number of benzene rings is 1. The fraction of sp³-hybridized carbons (Fsp3) is 0.636. The third-order valence-corrected chi connectivity index (χ3v) is 8.68. The molecule has 0 spiro atoms. The molecule has 0 radical (unpaired) electrons. The highest BCUT2D eigenvalue weighted by Gasteiger charge is 2.51. The van der Waals surface area contributed by atoms with Crippen LogP contribution in [0, 0.1) is 23.2 Å². The van der Waals surface area contributed by atoms with E-state index in [2.05, 4.69) is 15.6 Å². The number of rotatable bonds is 7. The zero-order chi connectivity index (χ0) is 22.2. The summed E-state index contributed by atoms with van der Waals surface area (Å²) in [5.74, 6) is 1.96. The standard InChI is InChI=1S/C22H31N3O5S/c1-14(25-31(28,29)19-5-3-18(30-2)4-6-19)21(27)24-23-20(26)13-22-10-15-7-16(11-22)9-17(8-15)12-22/h3-6,14-17,25H,7-13H2,1-2H3,(H,23,26)(H,24,27)/t14-,15?,16?,17?,22?/m0/s1. The first-order chi connectivity index (χ1) is 14.7. The fourth-order valence-corrected chi connectivity index (χ4v) is 7.44. The second kappa shape index (κ2) is 8.43. The number of sulfonamides is 1. The van der Waals surface area contributed by atoms with Crippen molar-refractivity contribution < 1.29 is 22.7 Å². The van der Waals surface area contributed by atoms with Crippen molar-refractivity contribution in [2.75, 3.05) is 7.11 Å². The summed E-state index contributed by atoms with van der Waals surface area (Å²) in [6.45, 7) is 1.43. The molecule has 2 amide bonds. The Hall–Kier alpha value is -2.13. The molecule has 1 aromatic carbocycles. The number of methoxy groups -OCH3 is 1. The summed E-state index contributed by atoms with van der Waals surface area (Å²) in [7, 11) is -2.39. The van der Waals surface area contributed by atoms with Crippen LogP contribution in [0.4, 0.5) is 0 Å². The molecule has 4 bridgehead atoms. The number of carbonyl (C=O) groups excluding carboxylic acids is 2. The summed E-state index contributed by atoms with van der Waals surface area (Å²) in [5.41, 5.74) is 4.94. The summed E-state index contributed by atoms with van der Waals surface area (Å²) in [5, 5.41) is 0. The Morgan fingerprint density at radius 1 is 1.03 bits per heavy atom. The van der Waals surface area contributed by atoms with Crippen LogP contribution in [0.1, 0.15) is 51.9 Å². The smallest absolute Gasteiger partial charge is 0.256 e. The maximum atomic E-state index is 12.5. The van der Waals surface area contributed by atoms with Gasteiger partial charge in [0.2, 0.25) is 15.9 Å². The SMILES string of the molecule is COc1ccc(S(=O)(=O)N[C@@H](C)C(=O)NNC(=O)CC23CC4CC(CC(C4)C2)C3)cc1. The van der Waals surface area contributed by atoms with Gasteiger partial charge < -0.3 is 4.74 Å². The number of hydrogen-bond acceptors (Lipinski definition) is 5. The monoisotopic (exact) mass is 449 g/mol. The van der Waals surface area contributed by atoms with Crippen LogP contribution in [-0.2, 0) is 19.6 Å². The van der Waals surface area contributed by atoms with Gasteiger partial charge in [0.1, 0.15) is 5.75 Å². The number of amides is 2. The van der Waals surface area contributed by atoms with Gasteiger partial charge >= 0.3 is 0 Å². The van der Waals surface area contributed by atoms with Crippen LogP contribution < -0.4 is 20.3 Å². The van der Waals surface area contributed by atoms with E-state index in [0.717, 1.165) is 37.0 Å². The summed E-state index contributed by atoms with van der Waals surface area (Å²) in [6, 6.07) is 4.82. The number of carbonyl (C=O) groups is 2.